The molecule has 1 aromatic carbocycles. The molecule has 0 unspecified atom stereocenters. The van der Waals surface area contributed by atoms with Crippen LogP contribution in [0.5, 0.6) is 0 Å². The molecule has 1 aromatic heterocycles. The second-order valence-electron chi connectivity index (χ2n) is 4.75. The first-order chi connectivity index (χ1) is 9.50. The van der Waals surface area contributed by atoms with Crippen LogP contribution in [0.2, 0.25) is 0 Å². The van der Waals surface area contributed by atoms with Gasteiger partial charge in [0, 0.05) is 38.7 Å². The van der Waals surface area contributed by atoms with E-state index in [1.54, 1.807) is 42.5 Å². The minimum atomic E-state index is -0.117. The van der Waals surface area contributed by atoms with Crippen LogP contribution in [0.25, 0.3) is 0 Å². The number of nitrogens with zero attached hydrogens (tertiary/aromatic N) is 3. The fraction of sp³-hybridized carbons (Fsp3) is 0.200. The molecule has 0 saturated carbocycles. The number of carbonyl (C=O) groups excluding carboxylic acids is 1. The Kier molecular flexibility index (Phi) is 3.89. The zero-order chi connectivity index (χ0) is 14.7. The third kappa shape index (κ3) is 2.71. The number of carbonyl (C=O) groups is 1. The third-order valence-corrected chi connectivity index (χ3v) is 3.07. The van der Waals surface area contributed by atoms with E-state index in [2.05, 4.69) is 4.98 Å². The number of hydrogen-bond acceptors (Lipinski definition) is 4. The van der Waals surface area contributed by atoms with Crippen molar-refractivity contribution in [2.24, 2.45) is 0 Å². The van der Waals surface area contributed by atoms with Crippen molar-refractivity contribution in [3.63, 3.8) is 0 Å². The predicted molar refractivity (Wildman–Crippen MR) is 82.2 cm³/mol. The van der Waals surface area contributed by atoms with Crippen molar-refractivity contribution >= 4 is 23.0 Å². The maximum atomic E-state index is 12.6. The Labute approximate surface area is 118 Å². The smallest absolute Gasteiger partial charge is 0.260 e. The zero-order valence-corrected chi connectivity index (χ0v) is 11.9. The summed E-state index contributed by atoms with van der Waals surface area (Å²) in [4.78, 5) is 20.1. The molecule has 2 rings (SSSR count). The molecule has 0 atom stereocenters. The first kappa shape index (κ1) is 13.9. The summed E-state index contributed by atoms with van der Waals surface area (Å²) < 4.78 is 0. The molecule has 0 aliphatic rings. The van der Waals surface area contributed by atoms with Gasteiger partial charge in [-0.05, 0) is 30.3 Å². The summed E-state index contributed by atoms with van der Waals surface area (Å²) >= 11 is 0. The molecule has 2 N–H and O–H groups in total. The van der Waals surface area contributed by atoms with Crippen LogP contribution in [-0.4, -0.2) is 32.0 Å². The van der Waals surface area contributed by atoms with Gasteiger partial charge >= 0.3 is 0 Å². The van der Waals surface area contributed by atoms with E-state index in [-0.39, 0.29) is 5.91 Å². The van der Waals surface area contributed by atoms with Crippen molar-refractivity contribution < 1.29 is 4.79 Å². The van der Waals surface area contributed by atoms with Gasteiger partial charge in [0.05, 0.1) is 17.4 Å². The number of hydrogen-bond donors (Lipinski definition) is 1. The van der Waals surface area contributed by atoms with Crippen molar-refractivity contribution in [1.82, 2.24) is 4.98 Å². The fourth-order valence-electron chi connectivity index (χ4n) is 1.97. The van der Waals surface area contributed by atoms with Crippen LogP contribution in [0.4, 0.5) is 17.1 Å². The molecule has 0 radical (unpaired) electrons. The van der Waals surface area contributed by atoms with E-state index in [0.29, 0.717) is 11.3 Å². The maximum absolute atomic E-state index is 12.6. The van der Waals surface area contributed by atoms with Crippen LogP contribution < -0.4 is 15.5 Å². The van der Waals surface area contributed by atoms with E-state index < -0.39 is 0 Å². The number of aromatic nitrogens is 1. The van der Waals surface area contributed by atoms with Gasteiger partial charge in [0.15, 0.2) is 0 Å². The summed E-state index contributed by atoms with van der Waals surface area (Å²) in [6.07, 6.45) is 3.33. The highest BCUT2D eigenvalue weighted by Crippen LogP contribution is 2.24. The van der Waals surface area contributed by atoms with Crippen molar-refractivity contribution in [2.45, 2.75) is 0 Å². The zero-order valence-electron chi connectivity index (χ0n) is 11.9. The van der Waals surface area contributed by atoms with Crippen LogP contribution in [0, 0.1) is 0 Å². The lowest BCUT2D eigenvalue weighted by Gasteiger charge is -2.22. The normalized spacial score (nSPS) is 10.2. The molecule has 1 heterocycles. The second-order valence-corrected chi connectivity index (χ2v) is 4.75. The summed E-state index contributed by atoms with van der Waals surface area (Å²) in [7, 11) is 5.51. The molecule has 0 saturated heterocycles. The summed E-state index contributed by atoms with van der Waals surface area (Å²) in [6.45, 7) is 0. The van der Waals surface area contributed by atoms with E-state index in [1.807, 2.05) is 31.1 Å². The second kappa shape index (κ2) is 5.61. The molecule has 1 amide bonds. The molecule has 0 fully saturated rings. The van der Waals surface area contributed by atoms with Crippen LogP contribution >= 0.6 is 0 Å². The standard InChI is InChI=1S/C15H18N4O/c1-18(2)14-7-6-11(16)9-13(14)15(20)19(3)12-5-4-8-17-10-12/h4-10H,16H2,1-3H3. The highest BCUT2D eigenvalue weighted by Gasteiger charge is 2.18. The van der Waals surface area contributed by atoms with Crippen LogP contribution in [0.15, 0.2) is 42.7 Å². The molecule has 104 valence electrons. The predicted octanol–water partition coefficient (Wildman–Crippen LogP) is 2.01. The van der Waals surface area contributed by atoms with Gasteiger partial charge in [0.25, 0.3) is 5.91 Å². The summed E-state index contributed by atoms with van der Waals surface area (Å²) in [5.41, 5.74) is 8.52. The molecule has 0 aliphatic carbocycles. The largest absolute Gasteiger partial charge is 0.399 e. The molecule has 5 nitrogen and oxygen atoms in total. The lowest BCUT2D eigenvalue weighted by Crippen LogP contribution is -2.28. The topological polar surface area (TPSA) is 62.5 Å². The maximum Gasteiger partial charge on any atom is 0.260 e. The Morgan fingerprint density at radius 3 is 2.55 bits per heavy atom. The van der Waals surface area contributed by atoms with Crippen molar-refractivity contribution in [1.29, 1.82) is 0 Å². The van der Waals surface area contributed by atoms with Crippen molar-refractivity contribution in [2.75, 3.05) is 36.7 Å². The highest BCUT2D eigenvalue weighted by molar-refractivity contribution is 6.09. The minimum Gasteiger partial charge on any atom is -0.399 e. The molecule has 2 aromatic rings. The molecular formula is C15H18N4O. The minimum absolute atomic E-state index is 0.117. The Hall–Kier alpha value is -2.56. The molecule has 5 heteroatoms. The van der Waals surface area contributed by atoms with Gasteiger partial charge in [0.1, 0.15) is 0 Å². The van der Waals surface area contributed by atoms with Crippen LogP contribution in [-0.2, 0) is 0 Å². The summed E-state index contributed by atoms with van der Waals surface area (Å²) in [5.74, 6) is -0.117. The molecule has 0 aliphatic heterocycles. The first-order valence-corrected chi connectivity index (χ1v) is 6.25. The van der Waals surface area contributed by atoms with Crippen molar-refractivity contribution in [3.05, 3.63) is 48.3 Å². The summed E-state index contributed by atoms with van der Waals surface area (Å²) in [5, 5.41) is 0. The van der Waals surface area contributed by atoms with Gasteiger partial charge in [-0.15, -0.1) is 0 Å². The number of nitrogens with two attached hydrogens (primary N) is 1. The Morgan fingerprint density at radius 2 is 1.95 bits per heavy atom. The summed E-state index contributed by atoms with van der Waals surface area (Å²) in [6, 6.07) is 8.97. The monoisotopic (exact) mass is 270 g/mol. The van der Waals surface area contributed by atoms with Crippen molar-refractivity contribution in [3.8, 4) is 0 Å². The lowest BCUT2D eigenvalue weighted by molar-refractivity contribution is 0.0993. The number of anilines is 3. The fourth-order valence-corrected chi connectivity index (χ4v) is 1.97. The lowest BCUT2D eigenvalue weighted by atomic mass is 10.1. The number of pyridine rings is 1. The Balaban J connectivity index is 2.41. The van der Waals surface area contributed by atoms with E-state index in [9.17, 15) is 4.79 Å². The van der Waals surface area contributed by atoms with Crippen LogP contribution in [0.1, 0.15) is 10.4 Å². The van der Waals surface area contributed by atoms with Gasteiger partial charge in [-0.3, -0.25) is 9.78 Å². The van der Waals surface area contributed by atoms with E-state index in [1.165, 1.54) is 0 Å². The van der Waals surface area contributed by atoms with Gasteiger partial charge < -0.3 is 15.5 Å². The van der Waals surface area contributed by atoms with Gasteiger partial charge in [-0.25, -0.2) is 0 Å². The molecule has 0 spiro atoms. The van der Waals surface area contributed by atoms with E-state index in [0.717, 1.165) is 11.4 Å². The average molecular weight is 270 g/mol. The first-order valence-electron chi connectivity index (χ1n) is 6.25. The van der Waals surface area contributed by atoms with Crippen LogP contribution in [0.3, 0.4) is 0 Å². The number of nitrogen functional groups attached to an aromatic ring is 1. The molecular weight excluding hydrogens is 252 g/mol. The number of benzene rings is 1. The number of rotatable bonds is 3. The third-order valence-electron chi connectivity index (χ3n) is 3.07. The quantitative estimate of drug-likeness (QED) is 0.867. The Bertz CT molecular complexity index is 611. The van der Waals surface area contributed by atoms with E-state index in [4.69, 9.17) is 5.73 Å². The van der Waals surface area contributed by atoms with Gasteiger partial charge in [-0.2, -0.15) is 0 Å². The average Bonchev–Trinajstić information content (AvgIpc) is 2.46. The molecule has 0 bridgehead atoms. The highest BCUT2D eigenvalue weighted by atomic mass is 16.2. The number of amides is 1. The van der Waals surface area contributed by atoms with Gasteiger partial charge in [-0.1, -0.05) is 0 Å². The van der Waals surface area contributed by atoms with E-state index >= 15 is 0 Å². The van der Waals surface area contributed by atoms with Gasteiger partial charge in [0.2, 0.25) is 0 Å². The molecule has 20 heavy (non-hydrogen) atoms. The SMILES string of the molecule is CN(C)c1ccc(N)cc1C(=O)N(C)c1cccnc1. The Morgan fingerprint density at radius 1 is 1.20 bits per heavy atom.